The lowest BCUT2D eigenvalue weighted by Crippen LogP contribution is -2.07. The number of hydrogen-bond acceptors (Lipinski definition) is 7. The maximum Gasteiger partial charge on any atom is 0.339 e. The summed E-state index contributed by atoms with van der Waals surface area (Å²) in [5.41, 5.74) is 0.542. The number of anilines is 1. The number of nitrogens with one attached hydrogen (secondary N) is 1. The Morgan fingerprint density at radius 3 is 2.89 bits per heavy atom. The largest absolute Gasteiger partial charge is 0.367 e. The van der Waals surface area contributed by atoms with Gasteiger partial charge in [-0.2, -0.15) is 0 Å². The third-order valence-corrected chi connectivity index (χ3v) is 2.54. The molecule has 9 nitrogen and oxygen atoms in total. The quantitative estimate of drug-likeness (QED) is 0.634. The van der Waals surface area contributed by atoms with Crippen molar-refractivity contribution in [3.8, 4) is 11.4 Å². The van der Waals surface area contributed by atoms with Crippen molar-refractivity contribution in [1.82, 2.24) is 25.0 Å². The molecule has 2 rings (SSSR count). The second kappa shape index (κ2) is 5.38. The van der Waals surface area contributed by atoms with E-state index < -0.39 is 4.92 Å². The fourth-order valence-electron chi connectivity index (χ4n) is 1.74. The first kappa shape index (κ1) is 12.9. The third kappa shape index (κ3) is 2.34. The van der Waals surface area contributed by atoms with Crippen molar-refractivity contribution < 1.29 is 4.92 Å². The molecular formula is C10H13N7O2. The molecule has 0 saturated carbocycles. The summed E-state index contributed by atoms with van der Waals surface area (Å²) in [5, 5.41) is 21.6. The van der Waals surface area contributed by atoms with Gasteiger partial charge in [0, 0.05) is 13.6 Å². The SMILES string of the molecule is CCCn1nncc1-c1ncnc(NC)c1[N+](=O)[O-]. The molecule has 0 atom stereocenters. The summed E-state index contributed by atoms with van der Waals surface area (Å²) >= 11 is 0. The Morgan fingerprint density at radius 1 is 1.47 bits per heavy atom. The van der Waals surface area contributed by atoms with Crippen LogP contribution >= 0.6 is 0 Å². The molecule has 0 fully saturated rings. The molecule has 0 radical (unpaired) electrons. The molecule has 2 heterocycles. The summed E-state index contributed by atoms with van der Waals surface area (Å²) in [6.45, 7) is 2.60. The zero-order valence-electron chi connectivity index (χ0n) is 10.6. The molecule has 2 aromatic rings. The van der Waals surface area contributed by atoms with E-state index in [2.05, 4.69) is 25.6 Å². The van der Waals surface area contributed by atoms with Gasteiger partial charge in [-0.05, 0) is 6.42 Å². The van der Waals surface area contributed by atoms with Gasteiger partial charge in [-0.1, -0.05) is 12.1 Å². The number of aromatic nitrogens is 5. The lowest BCUT2D eigenvalue weighted by atomic mass is 10.2. The highest BCUT2D eigenvalue weighted by atomic mass is 16.6. The van der Waals surface area contributed by atoms with Crippen LogP contribution in [-0.2, 0) is 6.54 Å². The van der Waals surface area contributed by atoms with Crippen LogP contribution in [0.2, 0.25) is 0 Å². The molecule has 1 N–H and O–H groups in total. The van der Waals surface area contributed by atoms with Crippen molar-refractivity contribution in [2.45, 2.75) is 19.9 Å². The minimum atomic E-state index is -0.509. The van der Waals surface area contributed by atoms with E-state index in [9.17, 15) is 10.1 Å². The molecule has 0 spiro atoms. The maximum atomic E-state index is 11.2. The van der Waals surface area contributed by atoms with Crippen molar-refractivity contribution in [1.29, 1.82) is 0 Å². The summed E-state index contributed by atoms with van der Waals surface area (Å²) in [4.78, 5) is 18.5. The first-order valence-corrected chi connectivity index (χ1v) is 5.75. The molecule has 0 bridgehead atoms. The standard InChI is InChI=1S/C10H13N7O2/c1-3-4-16-7(5-14-15-16)8-9(17(18)19)10(11-2)13-6-12-8/h5-6H,3-4H2,1-2H3,(H,11,12,13). The fraction of sp³-hybridized carbons (Fsp3) is 0.400. The molecule has 19 heavy (non-hydrogen) atoms. The summed E-state index contributed by atoms with van der Waals surface area (Å²) in [5.74, 6) is 0.166. The Bertz CT molecular complexity index is 595. The van der Waals surface area contributed by atoms with Crippen LogP contribution in [0.3, 0.4) is 0 Å². The zero-order chi connectivity index (χ0) is 13.8. The van der Waals surface area contributed by atoms with E-state index in [1.807, 2.05) is 6.92 Å². The summed E-state index contributed by atoms with van der Waals surface area (Å²) < 4.78 is 1.59. The van der Waals surface area contributed by atoms with E-state index in [1.54, 1.807) is 11.7 Å². The molecule has 100 valence electrons. The van der Waals surface area contributed by atoms with E-state index in [0.29, 0.717) is 12.2 Å². The maximum absolute atomic E-state index is 11.2. The highest BCUT2D eigenvalue weighted by molar-refractivity contribution is 5.74. The van der Waals surface area contributed by atoms with Crippen molar-refractivity contribution in [2.24, 2.45) is 0 Å². The Hall–Kier alpha value is -2.58. The van der Waals surface area contributed by atoms with Crippen LogP contribution in [0.1, 0.15) is 13.3 Å². The van der Waals surface area contributed by atoms with Crippen LogP contribution < -0.4 is 5.32 Å². The average Bonchev–Trinajstić information content (AvgIpc) is 2.86. The normalized spacial score (nSPS) is 10.4. The molecule has 0 saturated heterocycles. The number of rotatable bonds is 5. The van der Waals surface area contributed by atoms with Crippen molar-refractivity contribution >= 4 is 11.5 Å². The predicted molar refractivity (Wildman–Crippen MR) is 67.5 cm³/mol. The van der Waals surface area contributed by atoms with Gasteiger partial charge >= 0.3 is 5.69 Å². The van der Waals surface area contributed by atoms with Crippen molar-refractivity contribution in [3.63, 3.8) is 0 Å². The summed E-state index contributed by atoms with van der Waals surface area (Å²) in [6, 6.07) is 0. The number of nitrogens with zero attached hydrogens (tertiary/aromatic N) is 6. The highest BCUT2D eigenvalue weighted by Crippen LogP contribution is 2.31. The second-order valence-corrected chi connectivity index (χ2v) is 3.77. The van der Waals surface area contributed by atoms with Crippen LogP contribution in [0, 0.1) is 10.1 Å². The van der Waals surface area contributed by atoms with E-state index in [4.69, 9.17) is 0 Å². The molecule has 0 aliphatic carbocycles. The van der Waals surface area contributed by atoms with E-state index in [1.165, 1.54) is 12.5 Å². The van der Waals surface area contributed by atoms with Crippen LogP contribution in [0.4, 0.5) is 11.5 Å². The number of hydrogen-bond donors (Lipinski definition) is 1. The van der Waals surface area contributed by atoms with Gasteiger partial charge in [0.1, 0.15) is 12.0 Å². The van der Waals surface area contributed by atoms with Crippen LogP contribution in [0.15, 0.2) is 12.5 Å². The number of aryl methyl sites for hydroxylation is 1. The van der Waals surface area contributed by atoms with E-state index >= 15 is 0 Å². The van der Waals surface area contributed by atoms with Gasteiger partial charge in [0.25, 0.3) is 0 Å². The Balaban J connectivity index is 2.61. The average molecular weight is 263 g/mol. The molecule has 0 amide bonds. The zero-order valence-corrected chi connectivity index (χ0v) is 10.6. The fourth-order valence-corrected chi connectivity index (χ4v) is 1.74. The van der Waals surface area contributed by atoms with Gasteiger partial charge in [-0.25, -0.2) is 14.6 Å². The van der Waals surface area contributed by atoms with Gasteiger partial charge in [0.2, 0.25) is 5.82 Å². The summed E-state index contributed by atoms with van der Waals surface area (Å²) in [7, 11) is 1.57. The Kier molecular flexibility index (Phi) is 3.64. The van der Waals surface area contributed by atoms with Crippen LogP contribution in [0.5, 0.6) is 0 Å². The molecule has 0 aliphatic rings. The highest BCUT2D eigenvalue weighted by Gasteiger charge is 2.25. The Labute approximate surface area is 108 Å². The van der Waals surface area contributed by atoms with Gasteiger partial charge in [0.15, 0.2) is 5.69 Å². The molecule has 0 aliphatic heterocycles. The molecule has 9 heteroatoms. The van der Waals surface area contributed by atoms with E-state index in [-0.39, 0.29) is 17.2 Å². The lowest BCUT2D eigenvalue weighted by Gasteiger charge is -2.06. The predicted octanol–water partition coefficient (Wildman–Crippen LogP) is 1.09. The lowest BCUT2D eigenvalue weighted by molar-refractivity contribution is -0.383. The minimum Gasteiger partial charge on any atom is -0.367 e. The monoisotopic (exact) mass is 263 g/mol. The minimum absolute atomic E-state index is 0.166. The molecular weight excluding hydrogens is 250 g/mol. The van der Waals surface area contributed by atoms with Gasteiger partial charge < -0.3 is 5.32 Å². The molecule has 0 aromatic carbocycles. The van der Waals surface area contributed by atoms with Crippen molar-refractivity contribution in [2.75, 3.05) is 12.4 Å². The second-order valence-electron chi connectivity index (χ2n) is 3.77. The molecule has 2 aromatic heterocycles. The number of nitro groups is 1. The van der Waals surface area contributed by atoms with Crippen LogP contribution in [0.25, 0.3) is 11.4 Å². The third-order valence-electron chi connectivity index (χ3n) is 2.54. The molecule has 0 unspecified atom stereocenters. The Morgan fingerprint density at radius 2 is 2.26 bits per heavy atom. The van der Waals surface area contributed by atoms with Gasteiger partial charge in [-0.3, -0.25) is 10.1 Å². The first-order chi connectivity index (χ1) is 9.19. The van der Waals surface area contributed by atoms with Crippen molar-refractivity contribution in [3.05, 3.63) is 22.6 Å². The smallest absolute Gasteiger partial charge is 0.339 e. The summed E-state index contributed by atoms with van der Waals surface area (Å²) in [6.07, 6.45) is 3.58. The van der Waals surface area contributed by atoms with E-state index in [0.717, 1.165) is 6.42 Å². The van der Waals surface area contributed by atoms with Crippen LogP contribution in [-0.4, -0.2) is 36.9 Å². The van der Waals surface area contributed by atoms with Gasteiger partial charge in [-0.15, -0.1) is 5.10 Å². The first-order valence-electron chi connectivity index (χ1n) is 5.75. The topological polar surface area (TPSA) is 112 Å². The van der Waals surface area contributed by atoms with Gasteiger partial charge in [0.05, 0.1) is 11.1 Å².